The predicted octanol–water partition coefficient (Wildman–Crippen LogP) is -1.22. The van der Waals surface area contributed by atoms with E-state index in [0.29, 0.717) is 19.7 Å². The molecule has 0 aromatic rings. The molecular formula is C8H18N2O4S. The summed E-state index contributed by atoms with van der Waals surface area (Å²) in [7, 11) is -1.86. The SMILES string of the molecule is COCCNS(=O)(=O)N1CCC(CO)C1. The Balaban J connectivity index is 2.41. The molecule has 7 heteroatoms. The van der Waals surface area contributed by atoms with Gasteiger partial charge in [0.05, 0.1) is 6.61 Å². The summed E-state index contributed by atoms with van der Waals surface area (Å²) in [4.78, 5) is 0. The Hall–Kier alpha value is -0.210. The van der Waals surface area contributed by atoms with Crippen molar-refractivity contribution < 1.29 is 18.3 Å². The van der Waals surface area contributed by atoms with Crippen molar-refractivity contribution in [2.45, 2.75) is 6.42 Å². The molecule has 0 aromatic heterocycles. The van der Waals surface area contributed by atoms with Gasteiger partial charge in [-0.3, -0.25) is 0 Å². The summed E-state index contributed by atoms with van der Waals surface area (Å²) in [5.74, 6) is 0.0731. The molecule has 1 fully saturated rings. The molecule has 90 valence electrons. The van der Waals surface area contributed by atoms with Crippen LogP contribution in [-0.2, 0) is 14.9 Å². The second-order valence-electron chi connectivity index (χ2n) is 3.59. The van der Waals surface area contributed by atoms with Crippen LogP contribution in [0.3, 0.4) is 0 Å². The number of aliphatic hydroxyl groups excluding tert-OH is 1. The quantitative estimate of drug-likeness (QED) is 0.569. The molecular weight excluding hydrogens is 220 g/mol. The number of ether oxygens (including phenoxy) is 1. The predicted molar refractivity (Wildman–Crippen MR) is 55.6 cm³/mol. The minimum absolute atomic E-state index is 0.0457. The Bertz CT molecular complexity index is 280. The lowest BCUT2D eigenvalue weighted by Crippen LogP contribution is -2.40. The van der Waals surface area contributed by atoms with Crippen molar-refractivity contribution in [1.82, 2.24) is 9.03 Å². The van der Waals surface area contributed by atoms with Crippen molar-refractivity contribution in [1.29, 1.82) is 0 Å². The van der Waals surface area contributed by atoms with Gasteiger partial charge in [-0.15, -0.1) is 0 Å². The van der Waals surface area contributed by atoms with Crippen LogP contribution >= 0.6 is 0 Å². The van der Waals surface area contributed by atoms with Crippen molar-refractivity contribution in [3.8, 4) is 0 Å². The first-order chi connectivity index (χ1) is 7.10. The van der Waals surface area contributed by atoms with Crippen molar-refractivity contribution >= 4 is 10.2 Å². The fourth-order valence-corrected chi connectivity index (χ4v) is 2.81. The van der Waals surface area contributed by atoms with Crippen LogP contribution < -0.4 is 4.72 Å². The highest BCUT2D eigenvalue weighted by atomic mass is 32.2. The summed E-state index contributed by atoms with van der Waals surface area (Å²) in [5, 5.41) is 8.90. The molecule has 1 saturated heterocycles. The molecule has 2 N–H and O–H groups in total. The van der Waals surface area contributed by atoms with E-state index in [-0.39, 0.29) is 19.1 Å². The third-order valence-electron chi connectivity index (χ3n) is 2.44. The fourth-order valence-electron chi connectivity index (χ4n) is 1.53. The van der Waals surface area contributed by atoms with Gasteiger partial charge in [0.1, 0.15) is 0 Å². The molecule has 0 amide bonds. The smallest absolute Gasteiger partial charge is 0.279 e. The average Bonchev–Trinajstić information content (AvgIpc) is 2.66. The maximum Gasteiger partial charge on any atom is 0.279 e. The molecule has 1 atom stereocenters. The van der Waals surface area contributed by atoms with E-state index in [1.807, 2.05) is 0 Å². The van der Waals surface area contributed by atoms with Gasteiger partial charge in [-0.2, -0.15) is 17.4 Å². The Labute approximate surface area is 90.4 Å². The number of nitrogens with zero attached hydrogens (tertiary/aromatic N) is 1. The van der Waals surface area contributed by atoms with Gasteiger partial charge in [-0.25, -0.2) is 0 Å². The van der Waals surface area contributed by atoms with Crippen LogP contribution in [0.2, 0.25) is 0 Å². The normalized spacial score (nSPS) is 23.5. The number of aliphatic hydroxyl groups is 1. The summed E-state index contributed by atoms with van der Waals surface area (Å²) in [6.07, 6.45) is 0.724. The van der Waals surface area contributed by atoms with Crippen LogP contribution in [-0.4, -0.2) is 57.8 Å². The molecule has 0 spiro atoms. The van der Waals surface area contributed by atoms with E-state index in [9.17, 15) is 8.42 Å². The van der Waals surface area contributed by atoms with Gasteiger partial charge in [-0.1, -0.05) is 0 Å². The molecule has 1 heterocycles. The van der Waals surface area contributed by atoms with Crippen molar-refractivity contribution in [3.05, 3.63) is 0 Å². The molecule has 1 unspecified atom stereocenters. The Morgan fingerprint density at radius 2 is 2.33 bits per heavy atom. The number of rotatable bonds is 6. The minimum Gasteiger partial charge on any atom is -0.396 e. The Kier molecular flexibility index (Phi) is 4.94. The lowest BCUT2D eigenvalue weighted by molar-refractivity contribution is 0.203. The molecule has 0 radical (unpaired) electrons. The van der Waals surface area contributed by atoms with E-state index in [2.05, 4.69) is 4.72 Å². The highest BCUT2D eigenvalue weighted by Gasteiger charge is 2.30. The van der Waals surface area contributed by atoms with E-state index in [1.54, 1.807) is 0 Å². The van der Waals surface area contributed by atoms with Crippen LogP contribution in [0.1, 0.15) is 6.42 Å². The van der Waals surface area contributed by atoms with Crippen LogP contribution in [0.15, 0.2) is 0 Å². The summed E-state index contributed by atoms with van der Waals surface area (Å²) in [5.41, 5.74) is 0. The van der Waals surface area contributed by atoms with E-state index in [1.165, 1.54) is 11.4 Å². The highest BCUT2D eigenvalue weighted by Crippen LogP contribution is 2.17. The zero-order chi connectivity index (χ0) is 11.3. The zero-order valence-corrected chi connectivity index (χ0v) is 9.66. The Morgan fingerprint density at radius 3 is 2.87 bits per heavy atom. The third-order valence-corrected chi connectivity index (χ3v) is 4.02. The highest BCUT2D eigenvalue weighted by molar-refractivity contribution is 7.87. The van der Waals surface area contributed by atoms with Gasteiger partial charge in [0, 0.05) is 33.4 Å². The topological polar surface area (TPSA) is 78.9 Å². The van der Waals surface area contributed by atoms with Crippen LogP contribution in [0, 0.1) is 5.92 Å². The largest absolute Gasteiger partial charge is 0.396 e. The van der Waals surface area contributed by atoms with Crippen molar-refractivity contribution in [2.75, 3.05) is 40.0 Å². The summed E-state index contributed by atoms with van der Waals surface area (Å²) < 4.78 is 31.9. The molecule has 1 rings (SSSR count). The third kappa shape index (κ3) is 3.69. The van der Waals surface area contributed by atoms with E-state index < -0.39 is 10.2 Å². The van der Waals surface area contributed by atoms with Crippen LogP contribution in [0.25, 0.3) is 0 Å². The molecule has 1 aliphatic rings. The molecule has 0 saturated carbocycles. The second-order valence-corrected chi connectivity index (χ2v) is 5.34. The van der Waals surface area contributed by atoms with Gasteiger partial charge in [0.25, 0.3) is 10.2 Å². The van der Waals surface area contributed by atoms with Crippen molar-refractivity contribution in [3.63, 3.8) is 0 Å². The first-order valence-electron chi connectivity index (χ1n) is 4.94. The van der Waals surface area contributed by atoms with Crippen molar-refractivity contribution in [2.24, 2.45) is 5.92 Å². The van der Waals surface area contributed by atoms with E-state index >= 15 is 0 Å². The summed E-state index contributed by atoms with van der Waals surface area (Å²) in [6.45, 7) is 1.56. The van der Waals surface area contributed by atoms with Crippen LogP contribution in [0.5, 0.6) is 0 Å². The molecule has 0 aromatic carbocycles. The second kappa shape index (κ2) is 5.76. The van der Waals surface area contributed by atoms with Gasteiger partial charge in [0.15, 0.2) is 0 Å². The lowest BCUT2D eigenvalue weighted by Gasteiger charge is -2.16. The summed E-state index contributed by atoms with van der Waals surface area (Å²) >= 11 is 0. The van der Waals surface area contributed by atoms with Gasteiger partial charge < -0.3 is 9.84 Å². The molecule has 15 heavy (non-hydrogen) atoms. The number of nitrogens with one attached hydrogen (secondary N) is 1. The average molecular weight is 238 g/mol. The Morgan fingerprint density at radius 1 is 1.60 bits per heavy atom. The zero-order valence-electron chi connectivity index (χ0n) is 8.85. The standard InChI is InChI=1S/C8H18N2O4S/c1-14-5-3-9-15(12,13)10-4-2-8(6-10)7-11/h8-9,11H,2-7H2,1H3. The first-order valence-corrected chi connectivity index (χ1v) is 6.38. The maximum absolute atomic E-state index is 11.6. The number of methoxy groups -OCH3 is 1. The van der Waals surface area contributed by atoms with Gasteiger partial charge in [-0.05, 0) is 12.3 Å². The van der Waals surface area contributed by atoms with Gasteiger partial charge >= 0.3 is 0 Å². The first kappa shape index (κ1) is 12.9. The van der Waals surface area contributed by atoms with E-state index in [4.69, 9.17) is 9.84 Å². The molecule has 1 aliphatic heterocycles. The lowest BCUT2D eigenvalue weighted by atomic mass is 10.1. The number of hydrogen-bond acceptors (Lipinski definition) is 4. The molecule has 0 aliphatic carbocycles. The van der Waals surface area contributed by atoms with Crippen LogP contribution in [0.4, 0.5) is 0 Å². The number of hydrogen-bond donors (Lipinski definition) is 2. The minimum atomic E-state index is -3.38. The summed E-state index contributed by atoms with van der Waals surface area (Å²) in [6, 6.07) is 0. The van der Waals surface area contributed by atoms with Gasteiger partial charge in [0.2, 0.25) is 0 Å². The molecule has 6 nitrogen and oxygen atoms in total. The fraction of sp³-hybridized carbons (Fsp3) is 1.00. The maximum atomic E-state index is 11.6. The molecule has 0 bridgehead atoms. The van der Waals surface area contributed by atoms with E-state index in [0.717, 1.165) is 6.42 Å². The monoisotopic (exact) mass is 238 g/mol.